The molecule has 0 unspecified atom stereocenters. The van der Waals surface area contributed by atoms with E-state index in [0.717, 1.165) is 25.9 Å². The minimum Gasteiger partial charge on any atom is -0.407 e. The minimum absolute atomic E-state index is 0.0323. The Morgan fingerprint density at radius 2 is 1.17 bits per heavy atom. The van der Waals surface area contributed by atoms with Gasteiger partial charge in [-0.3, -0.25) is 0 Å². The van der Waals surface area contributed by atoms with Gasteiger partial charge in [-0.15, -0.1) is 0 Å². The molecule has 1 N–H and O–H groups in total. The van der Waals surface area contributed by atoms with Crippen LogP contribution < -0.4 is 10.4 Å². The van der Waals surface area contributed by atoms with Crippen LogP contribution in [0.5, 0.6) is 0 Å². The Balaban J connectivity index is 1.70. The topological polar surface area (TPSA) is 29.5 Å². The molecule has 0 radical (unpaired) electrons. The van der Waals surface area contributed by atoms with E-state index in [-0.39, 0.29) is 10.5 Å². The lowest BCUT2D eigenvalue weighted by Gasteiger charge is -2.54. The maximum absolute atomic E-state index is 9.89. The molecule has 0 aromatic heterocycles. The smallest absolute Gasteiger partial charge is 0.261 e. The van der Waals surface area contributed by atoms with Gasteiger partial charge in [0.2, 0.25) is 0 Å². The summed E-state index contributed by atoms with van der Waals surface area (Å²) in [5, 5.41) is 12.7. The molecule has 3 heteroatoms. The summed E-state index contributed by atoms with van der Waals surface area (Å²) < 4.78 is 7.27. The predicted molar refractivity (Wildman–Crippen MR) is 123 cm³/mol. The first-order valence-corrected chi connectivity index (χ1v) is 13.1. The van der Waals surface area contributed by atoms with Crippen LogP contribution in [0.25, 0.3) is 0 Å². The van der Waals surface area contributed by atoms with Crippen LogP contribution in [0.1, 0.15) is 59.3 Å². The zero-order valence-corrected chi connectivity index (χ0v) is 19.3. The molecule has 0 aliphatic heterocycles. The predicted octanol–water partition coefficient (Wildman–Crippen LogP) is 4.90. The van der Waals surface area contributed by atoms with E-state index >= 15 is 0 Å². The van der Waals surface area contributed by atoms with E-state index in [0.29, 0.717) is 12.0 Å². The molecule has 0 heterocycles. The summed E-state index contributed by atoms with van der Waals surface area (Å²) in [6, 6.07) is 21.9. The van der Waals surface area contributed by atoms with Crippen molar-refractivity contribution < 1.29 is 9.53 Å². The molecule has 29 heavy (non-hydrogen) atoms. The van der Waals surface area contributed by atoms with Crippen molar-refractivity contribution in [1.82, 2.24) is 0 Å². The fourth-order valence-corrected chi connectivity index (χ4v) is 10.5. The van der Waals surface area contributed by atoms with Crippen molar-refractivity contribution in [1.29, 1.82) is 0 Å². The normalized spacial score (nSPS) is 27.2. The number of hydrogen-bond donors (Lipinski definition) is 1. The summed E-state index contributed by atoms with van der Waals surface area (Å²) in [4.78, 5) is 0. The zero-order chi connectivity index (χ0) is 20.6. The summed E-state index contributed by atoms with van der Waals surface area (Å²) in [5.41, 5.74) is 0.503. The van der Waals surface area contributed by atoms with Gasteiger partial charge < -0.3 is 9.53 Å². The summed E-state index contributed by atoms with van der Waals surface area (Å²) in [7, 11) is -2.46. The lowest BCUT2D eigenvalue weighted by molar-refractivity contribution is -0.0625. The van der Waals surface area contributed by atoms with Crippen molar-refractivity contribution in [3.63, 3.8) is 0 Å². The van der Waals surface area contributed by atoms with Gasteiger partial charge >= 0.3 is 0 Å². The molecule has 156 valence electrons. The third kappa shape index (κ3) is 3.62. The summed E-state index contributed by atoms with van der Waals surface area (Å²) in [5.74, 6) is 0. The SMILES string of the molecule is CC(C)(C)[Si](OCC12CCC(CO)(CC1)CC2)(c1ccccc1)c1ccccc1. The summed E-state index contributed by atoms with van der Waals surface area (Å²) >= 11 is 0. The molecule has 3 aliphatic rings. The highest BCUT2D eigenvalue weighted by atomic mass is 28.4. The van der Waals surface area contributed by atoms with Crippen LogP contribution in [0.4, 0.5) is 0 Å². The van der Waals surface area contributed by atoms with E-state index in [9.17, 15) is 5.11 Å². The van der Waals surface area contributed by atoms with Crippen LogP contribution in [-0.2, 0) is 4.43 Å². The highest BCUT2D eigenvalue weighted by molar-refractivity contribution is 6.99. The van der Waals surface area contributed by atoms with E-state index in [4.69, 9.17) is 4.43 Å². The number of benzene rings is 2. The minimum atomic E-state index is -2.46. The van der Waals surface area contributed by atoms with Gasteiger partial charge in [0.05, 0.1) is 0 Å². The number of fused-ring (bicyclic) bond motifs is 3. The molecule has 2 bridgehead atoms. The van der Waals surface area contributed by atoms with Gasteiger partial charge in [0.25, 0.3) is 8.32 Å². The van der Waals surface area contributed by atoms with Gasteiger partial charge in [-0.25, -0.2) is 0 Å². The van der Waals surface area contributed by atoms with Crippen LogP contribution in [-0.4, -0.2) is 26.6 Å². The zero-order valence-electron chi connectivity index (χ0n) is 18.3. The molecule has 2 aromatic rings. The van der Waals surface area contributed by atoms with E-state index in [1.165, 1.54) is 29.6 Å². The molecule has 2 aromatic carbocycles. The third-order valence-electron chi connectivity index (χ3n) is 7.90. The highest BCUT2D eigenvalue weighted by Crippen LogP contribution is 2.57. The quantitative estimate of drug-likeness (QED) is 0.689. The fraction of sp³-hybridized carbons (Fsp3) is 0.538. The molecule has 0 atom stereocenters. The molecule has 5 rings (SSSR count). The molecule has 0 amide bonds. The van der Waals surface area contributed by atoms with Crippen molar-refractivity contribution in [2.75, 3.05) is 13.2 Å². The van der Waals surface area contributed by atoms with Crippen LogP contribution in [0, 0.1) is 10.8 Å². The monoisotopic (exact) mass is 408 g/mol. The largest absolute Gasteiger partial charge is 0.407 e. The van der Waals surface area contributed by atoms with E-state index < -0.39 is 8.32 Å². The first kappa shape index (κ1) is 20.8. The Bertz CT molecular complexity index is 746. The number of hydrogen-bond acceptors (Lipinski definition) is 2. The standard InChI is InChI=1S/C26H36O2Si/c1-24(2,3)29(22-10-6-4-7-11-22,23-12-8-5-9-13-23)28-21-26-17-14-25(20-27,15-18-26)16-19-26/h4-13,27H,14-21H2,1-3H3. The van der Waals surface area contributed by atoms with Gasteiger partial charge in [-0.2, -0.15) is 0 Å². The van der Waals surface area contributed by atoms with Gasteiger partial charge in [-0.05, 0) is 64.8 Å². The van der Waals surface area contributed by atoms with E-state index in [1.54, 1.807) is 0 Å². The van der Waals surface area contributed by atoms with Crippen molar-refractivity contribution >= 4 is 18.7 Å². The molecule has 0 saturated heterocycles. The van der Waals surface area contributed by atoms with Crippen molar-refractivity contribution in [3.05, 3.63) is 60.7 Å². The Morgan fingerprint density at radius 1 is 0.759 bits per heavy atom. The van der Waals surface area contributed by atoms with Crippen LogP contribution in [0.15, 0.2) is 60.7 Å². The molecule has 3 fully saturated rings. The average molecular weight is 409 g/mol. The Morgan fingerprint density at radius 3 is 1.55 bits per heavy atom. The third-order valence-corrected chi connectivity index (χ3v) is 12.9. The van der Waals surface area contributed by atoms with Crippen molar-refractivity contribution in [2.45, 2.75) is 64.3 Å². The molecule has 0 spiro atoms. The van der Waals surface area contributed by atoms with Crippen molar-refractivity contribution in [2.24, 2.45) is 10.8 Å². The van der Waals surface area contributed by atoms with Gasteiger partial charge in [-0.1, -0.05) is 81.4 Å². The number of aliphatic hydroxyl groups excluding tert-OH is 1. The van der Waals surface area contributed by atoms with Crippen LogP contribution in [0.3, 0.4) is 0 Å². The lowest BCUT2D eigenvalue weighted by Crippen LogP contribution is -2.67. The molecule has 3 aliphatic carbocycles. The second-order valence-corrected chi connectivity index (χ2v) is 14.9. The van der Waals surface area contributed by atoms with E-state index in [2.05, 4.69) is 81.4 Å². The summed E-state index contributed by atoms with van der Waals surface area (Å²) in [6.07, 6.45) is 7.08. The van der Waals surface area contributed by atoms with Gasteiger partial charge in [0.15, 0.2) is 0 Å². The lowest BCUT2D eigenvalue weighted by atomic mass is 9.54. The maximum Gasteiger partial charge on any atom is 0.261 e. The Kier molecular flexibility index (Phi) is 5.52. The van der Waals surface area contributed by atoms with E-state index in [1.807, 2.05) is 0 Å². The number of aliphatic hydroxyl groups is 1. The molecule has 2 nitrogen and oxygen atoms in total. The first-order valence-electron chi connectivity index (χ1n) is 11.2. The Hall–Kier alpha value is -1.42. The van der Waals surface area contributed by atoms with Crippen LogP contribution >= 0.6 is 0 Å². The molecule has 3 saturated carbocycles. The van der Waals surface area contributed by atoms with Crippen molar-refractivity contribution in [3.8, 4) is 0 Å². The maximum atomic E-state index is 9.89. The Labute approximate surface area is 177 Å². The van der Waals surface area contributed by atoms with Gasteiger partial charge in [0, 0.05) is 13.2 Å². The number of rotatable bonds is 6. The molecular formula is C26H36O2Si. The average Bonchev–Trinajstić information content (AvgIpc) is 2.76. The fourth-order valence-electron chi connectivity index (χ4n) is 5.82. The highest BCUT2D eigenvalue weighted by Gasteiger charge is 2.53. The van der Waals surface area contributed by atoms with Crippen LogP contribution in [0.2, 0.25) is 5.04 Å². The second-order valence-electron chi connectivity index (χ2n) is 10.6. The van der Waals surface area contributed by atoms with Gasteiger partial charge in [0.1, 0.15) is 0 Å². The summed E-state index contributed by atoms with van der Waals surface area (Å²) in [6.45, 7) is 8.28. The second kappa shape index (κ2) is 7.68. The first-order chi connectivity index (χ1) is 13.8. The molecular weight excluding hydrogens is 372 g/mol.